The maximum absolute atomic E-state index is 12.9. The van der Waals surface area contributed by atoms with Crippen molar-refractivity contribution in [2.24, 2.45) is 0 Å². The third-order valence-electron chi connectivity index (χ3n) is 9.80. The SMILES string of the molecule is COC(c1ccccc1)(c1ccccc1)[C@@H]1OB([C@@H]2C[C@@H]2NC(=O)OCc2ccccc2)O[C@H]1C(OC)(c1ccccc1)c1ccccc1. The summed E-state index contributed by atoms with van der Waals surface area (Å²) in [5.41, 5.74) is 2.42. The van der Waals surface area contributed by atoms with E-state index in [1.165, 1.54) is 0 Å². The minimum absolute atomic E-state index is 0.112. The molecule has 1 saturated carbocycles. The molecule has 0 radical (unpaired) electrons. The van der Waals surface area contributed by atoms with Gasteiger partial charge in [0, 0.05) is 26.1 Å². The van der Waals surface area contributed by atoms with Crippen LogP contribution < -0.4 is 5.32 Å². The van der Waals surface area contributed by atoms with Gasteiger partial charge in [0.25, 0.3) is 0 Å². The number of carbonyl (C=O) groups is 1. The summed E-state index contributed by atoms with van der Waals surface area (Å²) < 4.78 is 33.2. The Morgan fingerprint density at radius 1 is 0.633 bits per heavy atom. The molecule has 1 aliphatic carbocycles. The van der Waals surface area contributed by atoms with Gasteiger partial charge in [0.2, 0.25) is 0 Å². The van der Waals surface area contributed by atoms with Gasteiger partial charge in [-0.2, -0.15) is 0 Å². The number of alkyl carbamates (subject to hydrolysis) is 1. The Morgan fingerprint density at radius 2 is 1.00 bits per heavy atom. The van der Waals surface area contributed by atoms with Crippen molar-refractivity contribution in [1.82, 2.24) is 5.32 Å². The molecule has 5 aromatic rings. The number of amides is 1. The summed E-state index contributed by atoms with van der Waals surface area (Å²) >= 11 is 0. The topological polar surface area (TPSA) is 75.3 Å². The van der Waals surface area contributed by atoms with E-state index in [2.05, 4.69) is 53.8 Å². The smallest absolute Gasteiger partial charge is 0.445 e. The zero-order valence-corrected chi connectivity index (χ0v) is 27.7. The van der Waals surface area contributed by atoms with Crippen LogP contribution in [0, 0.1) is 0 Å². The van der Waals surface area contributed by atoms with Crippen molar-refractivity contribution in [3.05, 3.63) is 179 Å². The molecule has 5 aromatic carbocycles. The van der Waals surface area contributed by atoms with Crippen molar-refractivity contribution in [3.8, 4) is 0 Å². The molecule has 2 aliphatic rings. The number of ether oxygens (including phenoxy) is 3. The number of rotatable bonds is 12. The predicted molar refractivity (Wildman–Crippen MR) is 189 cm³/mol. The van der Waals surface area contributed by atoms with E-state index in [-0.39, 0.29) is 18.5 Å². The molecule has 0 unspecified atom stereocenters. The summed E-state index contributed by atoms with van der Waals surface area (Å²) in [5, 5.41) is 3.03. The molecule has 1 saturated heterocycles. The van der Waals surface area contributed by atoms with Crippen LogP contribution in [0.15, 0.2) is 152 Å². The second-order valence-electron chi connectivity index (χ2n) is 12.5. The zero-order chi connectivity index (χ0) is 33.7. The van der Waals surface area contributed by atoms with Crippen molar-refractivity contribution < 1.29 is 28.3 Å². The van der Waals surface area contributed by atoms with Crippen LogP contribution in [0.2, 0.25) is 5.82 Å². The van der Waals surface area contributed by atoms with Gasteiger partial charge in [-0.15, -0.1) is 0 Å². The molecule has 49 heavy (non-hydrogen) atoms. The van der Waals surface area contributed by atoms with Crippen molar-refractivity contribution in [1.29, 1.82) is 0 Å². The lowest BCUT2D eigenvalue weighted by molar-refractivity contribution is -0.136. The van der Waals surface area contributed by atoms with Gasteiger partial charge in [0.1, 0.15) is 30.0 Å². The molecule has 1 amide bonds. The Labute approximate surface area is 288 Å². The van der Waals surface area contributed by atoms with E-state index in [0.29, 0.717) is 6.42 Å². The van der Waals surface area contributed by atoms with Crippen molar-refractivity contribution in [2.45, 2.75) is 48.3 Å². The molecule has 1 heterocycles. The van der Waals surface area contributed by atoms with Gasteiger partial charge in [-0.25, -0.2) is 4.79 Å². The second kappa shape index (κ2) is 14.4. The van der Waals surface area contributed by atoms with Crippen LogP contribution in [0.3, 0.4) is 0 Å². The average Bonchev–Trinajstić information content (AvgIpc) is 3.80. The molecule has 8 heteroatoms. The second-order valence-corrected chi connectivity index (χ2v) is 12.5. The average molecular weight is 654 g/mol. The monoisotopic (exact) mass is 653 g/mol. The number of carbonyl (C=O) groups excluding carboxylic acids is 1. The molecule has 0 spiro atoms. The van der Waals surface area contributed by atoms with E-state index in [1.807, 2.05) is 103 Å². The van der Waals surface area contributed by atoms with E-state index < -0.39 is 36.6 Å². The standard InChI is InChI=1S/C41H40BNO6/c1-45-40(31-20-10-4-11-21-31,32-22-12-5-13-23-32)37-38(41(46-2,33-24-14-6-15-25-33)34-26-16-7-17-27-34)49-42(48-37)35-28-36(35)43-39(44)47-29-30-18-8-3-9-19-30/h3-27,35-38H,28-29H2,1-2H3,(H,43,44)/t35-,36+,37-,38-/m1/s1. The number of nitrogens with one attached hydrogen (secondary N) is 1. The molecule has 7 rings (SSSR count). The van der Waals surface area contributed by atoms with Gasteiger partial charge in [-0.3, -0.25) is 0 Å². The molecule has 2 fully saturated rings. The molecule has 0 aromatic heterocycles. The van der Waals surface area contributed by atoms with Crippen molar-refractivity contribution >= 4 is 13.2 Å². The van der Waals surface area contributed by atoms with Gasteiger partial charge >= 0.3 is 13.2 Å². The first kappa shape index (κ1) is 32.8. The Kier molecular flexibility index (Phi) is 9.64. The molecule has 7 nitrogen and oxygen atoms in total. The first-order valence-corrected chi connectivity index (χ1v) is 16.7. The lowest BCUT2D eigenvalue weighted by Gasteiger charge is -2.47. The highest BCUT2D eigenvalue weighted by Gasteiger charge is 2.65. The maximum Gasteiger partial charge on any atom is 0.463 e. The zero-order valence-electron chi connectivity index (χ0n) is 27.7. The number of methoxy groups -OCH3 is 2. The third kappa shape index (κ3) is 6.29. The Balaban J connectivity index is 1.29. The highest BCUT2D eigenvalue weighted by molar-refractivity contribution is 6.49. The lowest BCUT2D eigenvalue weighted by Crippen LogP contribution is -2.56. The Bertz CT molecular complexity index is 1620. The van der Waals surface area contributed by atoms with Crippen molar-refractivity contribution in [3.63, 3.8) is 0 Å². The van der Waals surface area contributed by atoms with Crippen LogP contribution in [0.4, 0.5) is 4.79 Å². The molecule has 4 atom stereocenters. The van der Waals surface area contributed by atoms with Gasteiger partial charge in [0.15, 0.2) is 0 Å². The summed E-state index contributed by atoms with van der Waals surface area (Å²) in [5.74, 6) is -0.112. The largest absolute Gasteiger partial charge is 0.463 e. The molecular weight excluding hydrogens is 613 g/mol. The third-order valence-corrected chi connectivity index (χ3v) is 9.80. The van der Waals surface area contributed by atoms with E-state index in [9.17, 15) is 4.79 Å². The fourth-order valence-electron chi connectivity index (χ4n) is 7.32. The highest BCUT2D eigenvalue weighted by Crippen LogP contribution is 2.54. The van der Waals surface area contributed by atoms with Gasteiger partial charge < -0.3 is 28.8 Å². The summed E-state index contributed by atoms with van der Waals surface area (Å²) in [6.45, 7) is 0.194. The van der Waals surface area contributed by atoms with Crippen molar-refractivity contribution in [2.75, 3.05) is 14.2 Å². The maximum atomic E-state index is 12.9. The number of hydrogen-bond acceptors (Lipinski definition) is 6. The van der Waals surface area contributed by atoms with E-state index in [4.69, 9.17) is 23.5 Å². The molecule has 248 valence electrons. The normalized spacial score (nSPS) is 20.5. The van der Waals surface area contributed by atoms with Crippen LogP contribution in [-0.4, -0.2) is 45.7 Å². The quantitative estimate of drug-likeness (QED) is 0.141. The van der Waals surface area contributed by atoms with E-state index >= 15 is 0 Å². The fraction of sp³-hybridized carbons (Fsp3) is 0.244. The first-order chi connectivity index (χ1) is 24.1. The van der Waals surface area contributed by atoms with Gasteiger partial charge in [-0.1, -0.05) is 152 Å². The minimum Gasteiger partial charge on any atom is -0.445 e. The van der Waals surface area contributed by atoms with Gasteiger partial charge in [0.05, 0.1) is 0 Å². The van der Waals surface area contributed by atoms with Crippen LogP contribution in [-0.2, 0) is 41.3 Å². The predicted octanol–water partition coefficient (Wildman–Crippen LogP) is 7.51. The van der Waals surface area contributed by atoms with Crippen LogP contribution in [0.1, 0.15) is 34.2 Å². The first-order valence-electron chi connectivity index (χ1n) is 16.7. The molecule has 0 bridgehead atoms. The summed E-state index contributed by atoms with van der Waals surface area (Å²) in [6, 6.07) is 50.0. The molecule has 1 aliphatic heterocycles. The highest BCUT2D eigenvalue weighted by atomic mass is 16.7. The van der Waals surface area contributed by atoms with Crippen LogP contribution >= 0.6 is 0 Å². The fourth-order valence-corrected chi connectivity index (χ4v) is 7.32. The lowest BCUT2D eigenvalue weighted by atomic mass is 9.71. The van der Waals surface area contributed by atoms with E-state index in [0.717, 1.165) is 27.8 Å². The minimum atomic E-state index is -1.10. The Morgan fingerprint density at radius 3 is 1.37 bits per heavy atom. The van der Waals surface area contributed by atoms with Crippen LogP contribution in [0.5, 0.6) is 0 Å². The van der Waals surface area contributed by atoms with Gasteiger partial charge in [-0.05, 0) is 34.2 Å². The summed E-state index contributed by atoms with van der Waals surface area (Å²) in [4.78, 5) is 12.9. The number of hydrogen-bond donors (Lipinski definition) is 1. The Hall–Kier alpha value is -4.73. The summed E-state index contributed by atoms with van der Waals surface area (Å²) in [6.07, 6.45) is -1.18. The van der Waals surface area contributed by atoms with E-state index in [1.54, 1.807) is 14.2 Å². The molecular formula is C41H40BNO6. The summed E-state index contributed by atoms with van der Waals surface area (Å²) in [7, 11) is 2.77. The van der Waals surface area contributed by atoms with Crippen LogP contribution in [0.25, 0.3) is 0 Å². The number of benzene rings is 5. The molecule has 1 N–H and O–H groups in total.